The third kappa shape index (κ3) is 3.17. The maximum absolute atomic E-state index is 13.0. The van der Waals surface area contributed by atoms with Crippen LogP contribution in [0.2, 0.25) is 0 Å². The number of nitrogens with zero attached hydrogens (tertiary/aromatic N) is 3. The molecule has 1 aliphatic rings. The molecule has 0 aliphatic heterocycles. The van der Waals surface area contributed by atoms with Gasteiger partial charge in [0.1, 0.15) is 0 Å². The van der Waals surface area contributed by atoms with Crippen LogP contribution in [0.25, 0.3) is 11.3 Å². The molecule has 6 heteroatoms. The van der Waals surface area contributed by atoms with E-state index in [1.54, 1.807) is 22.2 Å². The Morgan fingerprint density at radius 3 is 2.73 bits per heavy atom. The van der Waals surface area contributed by atoms with Crippen molar-refractivity contribution >= 4 is 17.2 Å². The van der Waals surface area contributed by atoms with E-state index in [9.17, 15) is 4.79 Å². The van der Waals surface area contributed by atoms with E-state index in [1.807, 2.05) is 37.6 Å². The zero-order valence-electron chi connectivity index (χ0n) is 14.8. The number of pyridine rings is 1. The molecule has 0 atom stereocenters. The first-order chi connectivity index (χ1) is 12.7. The predicted molar refractivity (Wildman–Crippen MR) is 103 cm³/mol. The van der Waals surface area contributed by atoms with Crippen molar-refractivity contribution in [2.75, 3.05) is 0 Å². The van der Waals surface area contributed by atoms with Crippen molar-refractivity contribution in [2.24, 2.45) is 7.05 Å². The van der Waals surface area contributed by atoms with E-state index in [0.29, 0.717) is 6.54 Å². The molecule has 0 radical (unpaired) electrons. The monoisotopic (exact) mass is 366 g/mol. The van der Waals surface area contributed by atoms with E-state index in [1.165, 1.54) is 4.88 Å². The SMILES string of the molecule is Cn1cc(-c2ccc(CNC(=O)C3(c4cccs4)CCCC3)cn2)cn1. The first kappa shape index (κ1) is 17.0. The highest BCUT2D eigenvalue weighted by Gasteiger charge is 2.43. The number of thiophene rings is 1. The molecule has 0 aromatic carbocycles. The van der Waals surface area contributed by atoms with Crippen LogP contribution >= 0.6 is 11.3 Å². The summed E-state index contributed by atoms with van der Waals surface area (Å²) in [6.45, 7) is 0.506. The Kier molecular flexibility index (Phi) is 4.59. The van der Waals surface area contributed by atoms with Gasteiger partial charge in [0.2, 0.25) is 5.91 Å². The molecule has 134 valence electrons. The number of hydrogen-bond donors (Lipinski definition) is 1. The van der Waals surface area contributed by atoms with Gasteiger partial charge < -0.3 is 5.32 Å². The van der Waals surface area contributed by atoms with Gasteiger partial charge in [0.25, 0.3) is 0 Å². The van der Waals surface area contributed by atoms with Crippen molar-refractivity contribution in [1.82, 2.24) is 20.1 Å². The molecule has 0 spiro atoms. The van der Waals surface area contributed by atoms with Gasteiger partial charge in [-0.1, -0.05) is 25.0 Å². The second-order valence-corrected chi connectivity index (χ2v) is 7.85. The Bertz CT molecular complexity index is 877. The summed E-state index contributed by atoms with van der Waals surface area (Å²) in [5.41, 5.74) is 2.55. The molecule has 26 heavy (non-hydrogen) atoms. The summed E-state index contributed by atoms with van der Waals surface area (Å²) >= 11 is 1.69. The van der Waals surface area contributed by atoms with E-state index in [-0.39, 0.29) is 11.3 Å². The van der Waals surface area contributed by atoms with Crippen LogP contribution in [0.3, 0.4) is 0 Å². The fourth-order valence-corrected chi connectivity index (χ4v) is 4.70. The van der Waals surface area contributed by atoms with Gasteiger partial charge in [-0.25, -0.2) is 0 Å². The third-order valence-corrected chi connectivity index (χ3v) is 6.24. The molecule has 3 heterocycles. The third-order valence-electron chi connectivity index (χ3n) is 5.16. The van der Waals surface area contributed by atoms with Gasteiger partial charge in [0.15, 0.2) is 0 Å². The molecule has 1 saturated carbocycles. The van der Waals surface area contributed by atoms with E-state index in [0.717, 1.165) is 42.5 Å². The van der Waals surface area contributed by atoms with Crippen LogP contribution < -0.4 is 5.32 Å². The number of carbonyl (C=O) groups excluding carboxylic acids is 1. The zero-order valence-corrected chi connectivity index (χ0v) is 15.6. The smallest absolute Gasteiger partial charge is 0.231 e. The molecule has 0 saturated heterocycles. The van der Waals surface area contributed by atoms with Crippen LogP contribution in [0.4, 0.5) is 0 Å². The number of amides is 1. The van der Waals surface area contributed by atoms with Crippen LogP contribution in [0, 0.1) is 0 Å². The summed E-state index contributed by atoms with van der Waals surface area (Å²) in [5, 5.41) is 9.38. The Hall–Kier alpha value is -2.47. The number of rotatable bonds is 5. The highest BCUT2D eigenvalue weighted by Crippen LogP contribution is 2.43. The summed E-state index contributed by atoms with van der Waals surface area (Å²) in [5.74, 6) is 0.147. The lowest BCUT2D eigenvalue weighted by atomic mass is 9.83. The minimum atomic E-state index is -0.336. The Morgan fingerprint density at radius 1 is 1.27 bits per heavy atom. The molecule has 1 N–H and O–H groups in total. The van der Waals surface area contributed by atoms with Crippen molar-refractivity contribution < 1.29 is 4.79 Å². The summed E-state index contributed by atoms with van der Waals surface area (Å²) in [6, 6.07) is 8.12. The lowest BCUT2D eigenvalue weighted by molar-refractivity contribution is -0.126. The van der Waals surface area contributed by atoms with Crippen molar-refractivity contribution in [1.29, 1.82) is 0 Å². The molecule has 1 fully saturated rings. The second-order valence-electron chi connectivity index (χ2n) is 6.90. The number of aromatic nitrogens is 3. The average molecular weight is 366 g/mol. The van der Waals surface area contributed by atoms with Gasteiger partial charge in [-0.2, -0.15) is 5.10 Å². The topological polar surface area (TPSA) is 59.8 Å². The van der Waals surface area contributed by atoms with E-state index in [4.69, 9.17) is 0 Å². The van der Waals surface area contributed by atoms with Crippen molar-refractivity contribution in [3.8, 4) is 11.3 Å². The van der Waals surface area contributed by atoms with Crippen LogP contribution in [0.5, 0.6) is 0 Å². The fourth-order valence-electron chi connectivity index (χ4n) is 3.72. The zero-order chi connectivity index (χ0) is 18.0. The van der Waals surface area contributed by atoms with Crippen molar-refractivity contribution in [3.63, 3.8) is 0 Å². The van der Waals surface area contributed by atoms with Crippen molar-refractivity contribution in [3.05, 3.63) is 58.7 Å². The van der Waals surface area contributed by atoms with Crippen LogP contribution in [0.15, 0.2) is 48.2 Å². The quantitative estimate of drug-likeness (QED) is 0.749. The lowest BCUT2D eigenvalue weighted by Gasteiger charge is -2.26. The van der Waals surface area contributed by atoms with Gasteiger partial charge in [-0.15, -0.1) is 11.3 Å². The van der Waals surface area contributed by atoms with Gasteiger partial charge in [0.05, 0.1) is 17.3 Å². The highest BCUT2D eigenvalue weighted by molar-refractivity contribution is 7.10. The molecular formula is C20H22N4OS. The number of nitrogens with one attached hydrogen (secondary N) is 1. The maximum atomic E-state index is 13.0. The van der Waals surface area contributed by atoms with Crippen LogP contribution in [-0.4, -0.2) is 20.7 Å². The molecule has 5 nitrogen and oxygen atoms in total. The fraction of sp³-hybridized carbons (Fsp3) is 0.350. The molecule has 3 aromatic heterocycles. The summed E-state index contributed by atoms with van der Waals surface area (Å²) in [7, 11) is 1.89. The normalized spacial score (nSPS) is 15.9. The summed E-state index contributed by atoms with van der Waals surface area (Å²) < 4.78 is 1.76. The standard InChI is InChI=1S/C20H22N4OS/c1-24-14-16(13-23-24)17-7-6-15(11-21-17)12-22-19(25)20(8-2-3-9-20)18-5-4-10-26-18/h4-7,10-11,13-14H,2-3,8-9,12H2,1H3,(H,22,25). The molecule has 0 bridgehead atoms. The van der Waals surface area contributed by atoms with E-state index in [2.05, 4.69) is 26.8 Å². The molecule has 4 rings (SSSR count). The molecular weight excluding hydrogens is 344 g/mol. The van der Waals surface area contributed by atoms with E-state index < -0.39 is 0 Å². The number of aryl methyl sites for hydroxylation is 1. The van der Waals surface area contributed by atoms with Crippen LogP contribution in [-0.2, 0) is 23.8 Å². The second kappa shape index (κ2) is 7.03. The van der Waals surface area contributed by atoms with E-state index >= 15 is 0 Å². The minimum Gasteiger partial charge on any atom is -0.351 e. The number of hydrogen-bond acceptors (Lipinski definition) is 4. The Labute approximate surface area is 157 Å². The first-order valence-electron chi connectivity index (χ1n) is 8.94. The molecule has 1 aliphatic carbocycles. The highest BCUT2D eigenvalue weighted by atomic mass is 32.1. The predicted octanol–water partition coefficient (Wildman–Crippen LogP) is 3.67. The molecule has 3 aromatic rings. The maximum Gasteiger partial charge on any atom is 0.231 e. The largest absolute Gasteiger partial charge is 0.351 e. The van der Waals surface area contributed by atoms with Gasteiger partial charge in [-0.05, 0) is 35.9 Å². The summed E-state index contributed by atoms with van der Waals surface area (Å²) in [4.78, 5) is 18.7. The molecule has 0 unspecified atom stereocenters. The van der Waals surface area contributed by atoms with Crippen molar-refractivity contribution in [2.45, 2.75) is 37.6 Å². The summed E-state index contributed by atoms with van der Waals surface area (Å²) in [6.07, 6.45) is 9.69. The van der Waals surface area contributed by atoms with Gasteiger partial charge in [0, 0.05) is 36.4 Å². The average Bonchev–Trinajstić information content (AvgIpc) is 3.41. The number of carbonyl (C=O) groups is 1. The lowest BCUT2D eigenvalue weighted by Crippen LogP contribution is -2.41. The Morgan fingerprint density at radius 2 is 2.12 bits per heavy atom. The molecule has 1 amide bonds. The Balaban J connectivity index is 1.44. The first-order valence-corrected chi connectivity index (χ1v) is 9.82. The van der Waals surface area contributed by atoms with Gasteiger partial charge >= 0.3 is 0 Å². The van der Waals surface area contributed by atoms with Gasteiger partial charge in [-0.3, -0.25) is 14.5 Å². The van der Waals surface area contributed by atoms with Crippen LogP contribution in [0.1, 0.15) is 36.1 Å². The minimum absolute atomic E-state index is 0.147.